The number of ether oxygens (including phenoxy) is 2. The minimum Gasteiger partial charge on any atom is -0.497 e. The Morgan fingerprint density at radius 3 is 2.26 bits per heavy atom. The highest BCUT2D eigenvalue weighted by Crippen LogP contribution is 2.36. The van der Waals surface area contributed by atoms with Gasteiger partial charge in [0.05, 0.1) is 13.7 Å². The number of hydrogen-bond acceptors (Lipinski definition) is 3. The predicted molar refractivity (Wildman–Crippen MR) is 81.6 cm³/mol. The normalized spacial score (nSPS) is 12.3. The summed E-state index contributed by atoms with van der Waals surface area (Å²) in [7, 11) is -0.0131. The van der Waals surface area contributed by atoms with Gasteiger partial charge in [-0.05, 0) is 30.3 Å². The number of benzene rings is 1. The van der Waals surface area contributed by atoms with Crippen LogP contribution >= 0.6 is 0 Å². The molecule has 1 rings (SSSR count). The smallest absolute Gasteiger partial charge is 0.192 e. The lowest BCUT2D eigenvalue weighted by atomic mass is 10.2. The van der Waals surface area contributed by atoms with Crippen molar-refractivity contribution < 1.29 is 13.9 Å². The van der Waals surface area contributed by atoms with Crippen molar-refractivity contribution in [3.63, 3.8) is 0 Å². The molecular weight excluding hydrogens is 256 g/mol. The lowest BCUT2D eigenvalue weighted by Crippen LogP contribution is -2.41. The molecule has 0 N–H and O–H groups in total. The van der Waals surface area contributed by atoms with Gasteiger partial charge in [0, 0.05) is 6.07 Å². The molecule has 0 atom stereocenters. The molecule has 0 spiro atoms. The van der Waals surface area contributed by atoms with Gasteiger partial charge in [-0.2, -0.15) is 0 Å². The molecular formula is C15H26O3Si. The van der Waals surface area contributed by atoms with Crippen molar-refractivity contribution in [2.24, 2.45) is 0 Å². The minimum atomic E-state index is -1.67. The Hall–Kier alpha value is -1.00. The van der Waals surface area contributed by atoms with Crippen molar-refractivity contribution in [1.29, 1.82) is 0 Å². The van der Waals surface area contributed by atoms with Crippen LogP contribution in [0, 0.1) is 0 Å². The zero-order valence-electron chi connectivity index (χ0n) is 12.9. The molecule has 0 saturated carbocycles. The van der Waals surface area contributed by atoms with Gasteiger partial charge in [0.1, 0.15) is 18.1 Å². The van der Waals surface area contributed by atoms with E-state index < -0.39 is 8.32 Å². The van der Waals surface area contributed by atoms with E-state index >= 15 is 0 Å². The highest BCUT2D eigenvalue weighted by molar-refractivity contribution is 6.74. The van der Waals surface area contributed by atoms with Crippen molar-refractivity contribution in [2.45, 2.75) is 38.9 Å². The zero-order chi connectivity index (χ0) is 14.5. The molecule has 0 unspecified atom stereocenters. The Morgan fingerprint density at radius 1 is 1.05 bits per heavy atom. The molecule has 0 saturated heterocycles. The second-order valence-electron chi connectivity index (χ2n) is 6.14. The van der Waals surface area contributed by atoms with E-state index in [9.17, 15) is 0 Å². The topological polar surface area (TPSA) is 27.7 Å². The standard InChI is InChI=1S/C15H26O3Si/c1-15(2,3)19(5,6)18-11-10-17-14-9-7-8-13(12-14)16-4/h7-9,12H,10-11H2,1-6H3. The maximum atomic E-state index is 6.05. The molecule has 0 aliphatic carbocycles. The van der Waals surface area contributed by atoms with Crippen molar-refractivity contribution in [2.75, 3.05) is 20.3 Å². The van der Waals surface area contributed by atoms with Gasteiger partial charge in [-0.15, -0.1) is 0 Å². The third-order valence-electron chi connectivity index (χ3n) is 3.66. The maximum absolute atomic E-state index is 6.05. The first-order valence-corrected chi connectivity index (χ1v) is 9.58. The van der Waals surface area contributed by atoms with Crippen LogP contribution in [0.25, 0.3) is 0 Å². The van der Waals surface area contributed by atoms with Crippen LogP contribution in [-0.4, -0.2) is 28.6 Å². The summed E-state index contributed by atoms with van der Waals surface area (Å²) in [5, 5.41) is 0.239. The fourth-order valence-electron chi connectivity index (χ4n) is 1.36. The third-order valence-corrected chi connectivity index (χ3v) is 8.20. The first kappa shape index (κ1) is 16.1. The van der Waals surface area contributed by atoms with Crippen molar-refractivity contribution in [1.82, 2.24) is 0 Å². The Labute approximate surface area is 118 Å². The van der Waals surface area contributed by atoms with E-state index in [0.29, 0.717) is 13.2 Å². The molecule has 19 heavy (non-hydrogen) atoms. The molecule has 1 aromatic carbocycles. The number of rotatable bonds is 6. The first-order chi connectivity index (χ1) is 8.76. The lowest BCUT2D eigenvalue weighted by Gasteiger charge is -2.36. The van der Waals surface area contributed by atoms with Gasteiger partial charge in [0.2, 0.25) is 0 Å². The molecule has 0 radical (unpaired) electrons. The maximum Gasteiger partial charge on any atom is 0.192 e. The monoisotopic (exact) mass is 282 g/mol. The Morgan fingerprint density at radius 2 is 1.68 bits per heavy atom. The average Bonchev–Trinajstić information content (AvgIpc) is 2.33. The van der Waals surface area contributed by atoms with Crippen molar-refractivity contribution in [3.05, 3.63) is 24.3 Å². The van der Waals surface area contributed by atoms with Crippen LogP contribution in [0.1, 0.15) is 20.8 Å². The van der Waals surface area contributed by atoms with Gasteiger partial charge >= 0.3 is 0 Å². The van der Waals surface area contributed by atoms with Gasteiger partial charge in [-0.25, -0.2) is 0 Å². The Bertz CT molecular complexity index is 397. The zero-order valence-corrected chi connectivity index (χ0v) is 13.9. The summed E-state index contributed by atoms with van der Waals surface area (Å²) in [6.07, 6.45) is 0. The summed E-state index contributed by atoms with van der Waals surface area (Å²) in [5.41, 5.74) is 0. The van der Waals surface area contributed by atoms with Crippen molar-refractivity contribution >= 4 is 8.32 Å². The quantitative estimate of drug-likeness (QED) is 0.581. The Balaban J connectivity index is 2.39. The average molecular weight is 282 g/mol. The molecule has 108 valence electrons. The van der Waals surface area contributed by atoms with Crippen molar-refractivity contribution in [3.8, 4) is 11.5 Å². The summed E-state index contributed by atoms with van der Waals surface area (Å²) in [6, 6.07) is 7.63. The lowest BCUT2D eigenvalue weighted by molar-refractivity contribution is 0.203. The first-order valence-electron chi connectivity index (χ1n) is 6.67. The van der Waals surface area contributed by atoms with Crippen LogP contribution in [0.5, 0.6) is 11.5 Å². The molecule has 0 aromatic heterocycles. The molecule has 3 nitrogen and oxygen atoms in total. The van der Waals surface area contributed by atoms with E-state index in [1.807, 2.05) is 24.3 Å². The largest absolute Gasteiger partial charge is 0.497 e. The minimum absolute atomic E-state index is 0.239. The molecule has 0 heterocycles. The van der Waals surface area contributed by atoms with E-state index in [4.69, 9.17) is 13.9 Å². The van der Waals surface area contributed by atoms with Crippen LogP contribution in [0.15, 0.2) is 24.3 Å². The molecule has 4 heteroatoms. The summed E-state index contributed by atoms with van der Waals surface area (Å²) >= 11 is 0. The number of hydrogen-bond donors (Lipinski definition) is 0. The Kier molecular flexibility index (Phi) is 5.44. The second kappa shape index (κ2) is 6.44. The third kappa shape index (κ3) is 4.88. The molecule has 0 aliphatic rings. The summed E-state index contributed by atoms with van der Waals surface area (Å²) in [6.45, 7) is 12.4. The molecule has 0 amide bonds. The predicted octanol–water partition coefficient (Wildman–Crippen LogP) is 4.10. The van der Waals surface area contributed by atoms with Gasteiger partial charge in [0.25, 0.3) is 0 Å². The van der Waals surface area contributed by atoms with Crippen LogP contribution in [0.2, 0.25) is 18.1 Å². The highest BCUT2D eigenvalue weighted by atomic mass is 28.4. The highest BCUT2D eigenvalue weighted by Gasteiger charge is 2.36. The second-order valence-corrected chi connectivity index (χ2v) is 10.9. The fraction of sp³-hybridized carbons (Fsp3) is 0.600. The van der Waals surface area contributed by atoms with Gasteiger partial charge in [-0.3, -0.25) is 0 Å². The van der Waals surface area contributed by atoms with Crippen LogP contribution in [-0.2, 0) is 4.43 Å². The summed E-state index contributed by atoms with van der Waals surface area (Å²) < 4.78 is 16.9. The van der Waals surface area contributed by atoms with E-state index in [2.05, 4.69) is 33.9 Å². The van der Waals surface area contributed by atoms with Gasteiger partial charge in [0.15, 0.2) is 8.32 Å². The molecule has 0 bridgehead atoms. The SMILES string of the molecule is COc1cccc(OCCO[Si](C)(C)C(C)(C)C)c1. The van der Waals surface area contributed by atoms with Crippen LogP contribution < -0.4 is 9.47 Å². The van der Waals surface area contributed by atoms with Crippen LogP contribution in [0.3, 0.4) is 0 Å². The number of methoxy groups -OCH3 is 1. The van der Waals surface area contributed by atoms with E-state index in [-0.39, 0.29) is 5.04 Å². The fourth-order valence-corrected chi connectivity index (χ4v) is 2.39. The van der Waals surface area contributed by atoms with E-state index in [1.54, 1.807) is 7.11 Å². The van der Waals surface area contributed by atoms with Crippen LogP contribution in [0.4, 0.5) is 0 Å². The van der Waals surface area contributed by atoms with Gasteiger partial charge in [-0.1, -0.05) is 26.8 Å². The van der Waals surface area contributed by atoms with E-state index in [0.717, 1.165) is 11.5 Å². The molecule has 0 fully saturated rings. The molecule has 0 aliphatic heterocycles. The molecule has 1 aromatic rings. The summed E-state index contributed by atoms with van der Waals surface area (Å²) in [4.78, 5) is 0. The summed E-state index contributed by atoms with van der Waals surface area (Å²) in [5.74, 6) is 1.63. The van der Waals surface area contributed by atoms with Gasteiger partial charge < -0.3 is 13.9 Å². The van der Waals surface area contributed by atoms with E-state index in [1.165, 1.54) is 0 Å².